The number of benzene rings is 3. The molecule has 10 heteroatoms. The zero-order valence-electron chi connectivity index (χ0n) is 19.2. The third-order valence-corrected chi connectivity index (χ3v) is 5.82. The van der Waals surface area contributed by atoms with Gasteiger partial charge in [-0.3, -0.25) is 19.3 Å². The summed E-state index contributed by atoms with van der Waals surface area (Å²) in [6, 6.07) is 17.6. The van der Waals surface area contributed by atoms with E-state index in [1.165, 1.54) is 25.1 Å². The molecule has 1 saturated heterocycles. The van der Waals surface area contributed by atoms with Crippen molar-refractivity contribution < 1.29 is 28.0 Å². The number of halogens is 2. The predicted octanol–water partition coefficient (Wildman–Crippen LogP) is 3.30. The van der Waals surface area contributed by atoms with Crippen LogP contribution in [0, 0.1) is 11.6 Å². The zero-order valence-corrected chi connectivity index (χ0v) is 19.2. The fraction of sp³-hybridized carbons (Fsp3) is 0.154. The molecular formula is C26H22F2N4O4. The SMILES string of the molecule is C[C@@]1(c2ccc(F)c(F)c2)NC(=O)N(CC(=O)Nc2ccccc2C(=O)NCc2ccccc2)C1=O. The van der Waals surface area contributed by atoms with Crippen LogP contribution in [0.5, 0.6) is 0 Å². The minimum absolute atomic E-state index is 0.0306. The fourth-order valence-electron chi connectivity index (χ4n) is 3.84. The van der Waals surface area contributed by atoms with Gasteiger partial charge in [0.15, 0.2) is 11.6 Å². The Hall–Kier alpha value is -4.60. The number of hydrogen-bond donors (Lipinski definition) is 3. The normalized spacial score (nSPS) is 17.0. The van der Waals surface area contributed by atoms with E-state index in [-0.39, 0.29) is 23.4 Å². The molecule has 184 valence electrons. The van der Waals surface area contributed by atoms with E-state index in [4.69, 9.17) is 0 Å². The molecule has 4 rings (SSSR count). The van der Waals surface area contributed by atoms with Crippen LogP contribution < -0.4 is 16.0 Å². The van der Waals surface area contributed by atoms with Crippen molar-refractivity contribution in [3.8, 4) is 0 Å². The van der Waals surface area contributed by atoms with Crippen molar-refractivity contribution in [2.24, 2.45) is 0 Å². The molecule has 0 saturated carbocycles. The van der Waals surface area contributed by atoms with Crippen LogP contribution >= 0.6 is 0 Å². The molecule has 0 spiro atoms. The Morgan fingerprint density at radius 2 is 1.64 bits per heavy atom. The molecule has 1 aliphatic rings. The first-order chi connectivity index (χ1) is 17.2. The highest BCUT2D eigenvalue weighted by molar-refractivity contribution is 6.11. The van der Waals surface area contributed by atoms with Gasteiger partial charge in [-0.2, -0.15) is 0 Å². The van der Waals surface area contributed by atoms with Gasteiger partial charge < -0.3 is 16.0 Å². The van der Waals surface area contributed by atoms with E-state index in [1.54, 1.807) is 12.1 Å². The highest BCUT2D eigenvalue weighted by Gasteiger charge is 2.49. The molecule has 0 bridgehead atoms. The van der Waals surface area contributed by atoms with Gasteiger partial charge in [0.1, 0.15) is 12.1 Å². The number of hydrogen-bond acceptors (Lipinski definition) is 4. The van der Waals surface area contributed by atoms with Crippen molar-refractivity contribution in [3.05, 3.63) is 101 Å². The molecule has 1 heterocycles. The third-order valence-electron chi connectivity index (χ3n) is 5.82. The van der Waals surface area contributed by atoms with Crippen molar-refractivity contribution in [2.75, 3.05) is 11.9 Å². The van der Waals surface area contributed by atoms with Crippen LogP contribution in [0.4, 0.5) is 19.3 Å². The monoisotopic (exact) mass is 492 g/mol. The zero-order chi connectivity index (χ0) is 25.9. The highest BCUT2D eigenvalue weighted by atomic mass is 19.2. The molecule has 1 atom stereocenters. The lowest BCUT2D eigenvalue weighted by Gasteiger charge is -2.22. The summed E-state index contributed by atoms with van der Waals surface area (Å²) in [5.41, 5.74) is -0.353. The van der Waals surface area contributed by atoms with Gasteiger partial charge in [-0.05, 0) is 42.3 Å². The molecule has 36 heavy (non-hydrogen) atoms. The molecule has 0 radical (unpaired) electrons. The topological polar surface area (TPSA) is 108 Å². The van der Waals surface area contributed by atoms with Crippen LogP contribution in [0.15, 0.2) is 72.8 Å². The molecule has 1 fully saturated rings. The second kappa shape index (κ2) is 9.95. The van der Waals surface area contributed by atoms with Crippen molar-refractivity contribution in [1.29, 1.82) is 0 Å². The Morgan fingerprint density at radius 3 is 2.36 bits per heavy atom. The number of para-hydroxylation sites is 1. The van der Waals surface area contributed by atoms with E-state index < -0.39 is 47.5 Å². The quantitative estimate of drug-likeness (QED) is 0.440. The van der Waals surface area contributed by atoms with E-state index in [1.807, 2.05) is 30.3 Å². The van der Waals surface area contributed by atoms with Crippen molar-refractivity contribution in [2.45, 2.75) is 19.0 Å². The van der Waals surface area contributed by atoms with Crippen LogP contribution in [-0.4, -0.2) is 35.2 Å². The van der Waals surface area contributed by atoms with Crippen molar-refractivity contribution in [1.82, 2.24) is 15.5 Å². The minimum atomic E-state index is -1.68. The Labute approximate surface area is 205 Å². The lowest BCUT2D eigenvalue weighted by Crippen LogP contribution is -2.42. The molecule has 3 aromatic rings. The van der Waals surface area contributed by atoms with E-state index in [0.29, 0.717) is 4.90 Å². The summed E-state index contributed by atoms with van der Waals surface area (Å²) in [6.45, 7) is 0.973. The number of amides is 5. The first-order valence-corrected chi connectivity index (χ1v) is 11.0. The van der Waals surface area contributed by atoms with Gasteiger partial charge in [0.2, 0.25) is 5.91 Å². The van der Waals surface area contributed by atoms with E-state index in [9.17, 15) is 28.0 Å². The molecule has 1 aliphatic heterocycles. The summed E-state index contributed by atoms with van der Waals surface area (Å²) >= 11 is 0. The Balaban J connectivity index is 1.44. The first-order valence-electron chi connectivity index (χ1n) is 11.0. The molecule has 0 unspecified atom stereocenters. The number of anilines is 1. The second-order valence-corrected chi connectivity index (χ2v) is 8.34. The summed E-state index contributed by atoms with van der Waals surface area (Å²) in [5, 5.41) is 7.76. The number of rotatable bonds is 7. The van der Waals surface area contributed by atoms with Crippen LogP contribution in [0.25, 0.3) is 0 Å². The van der Waals surface area contributed by atoms with Gasteiger partial charge in [-0.15, -0.1) is 0 Å². The number of carbonyl (C=O) groups excluding carboxylic acids is 4. The Morgan fingerprint density at radius 1 is 0.944 bits per heavy atom. The standard InChI is InChI=1S/C26H22F2N4O4/c1-26(17-11-12-19(27)20(28)13-17)24(35)32(25(36)31-26)15-22(33)30-21-10-6-5-9-18(21)23(34)29-14-16-7-3-2-4-8-16/h2-13H,14-15H2,1H3,(H,29,34)(H,30,33)(H,31,36)/t26-/m0/s1. The van der Waals surface area contributed by atoms with Gasteiger partial charge in [-0.25, -0.2) is 13.6 Å². The van der Waals surface area contributed by atoms with E-state index in [2.05, 4.69) is 16.0 Å². The Bertz CT molecular complexity index is 1350. The van der Waals surface area contributed by atoms with Crippen LogP contribution in [-0.2, 0) is 21.7 Å². The number of carbonyl (C=O) groups is 4. The largest absolute Gasteiger partial charge is 0.348 e. The lowest BCUT2D eigenvalue weighted by molar-refractivity contribution is -0.133. The molecule has 0 aromatic heterocycles. The van der Waals surface area contributed by atoms with E-state index >= 15 is 0 Å². The van der Waals surface area contributed by atoms with Crippen molar-refractivity contribution in [3.63, 3.8) is 0 Å². The average Bonchev–Trinajstić information content (AvgIpc) is 3.08. The third kappa shape index (κ3) is 4.92. The van der Waals surface area contributed by atoms with Crippen LogP contribution in [0.2, 0.25) is 0 Å². The van der Waals surface area contributed by atoms with Gasteiger partial charge in [0.25, 0.3) is 11.8 Å². The maximum absolute atomic E-state index is 13.7. The number of urea groups is 1. The average molecular weight is 492 g/mol. The molecule has 0 aliphatic carbocycles. The maximum atomic E-state index is 13.7. The van der Waals surface area contributed by atoms with Crippen LogP contribution in [0.1, 0.15) is 28.4 Å². The minimum Gasteiger partial charge on any atom is -0.348 e. The summed E-state index contributed by atoms with van der Waals surface area (Å²) in [4.78, 5) is 51.6. The lowest BCUT2D eigenvalue weighted by atomic mass is 9.92. The number of nitrogens with one attached hydrogen (secondary N) is 3. The number of nitrogens with zero attached hydrogens (tertiary/aromatic N) is 1. The smallest absolute Gasteiger partial charge is 0.325 e. The summed E-state index contributed by atoms with van der Waals surface area (Å²) < 4.78 is 27.0. The maximum Gasteiger partial charge on any atom is 0.325 e. The molecule has 3 aromatic carbocycles. The van der Waals surface area contributed by atoms with Gasteiger partial charge in [0.05, 0.1) is 11.3 Å². The molecule has 3 N–H and O–H groups in total. The summed E-state index contributed by atoms with van der Waals surface area (Å²) in [7, 11) is 0. The van der Waals surface area contributed by atoms with Gasteiger partial charge in [0, 0.05) is 6.54 Å². The van der Waals surface area contributed by atoms with E-state index in [0.717, 1.165) is 17.7 Å². The second-order valence-electron chi connectivity index (χ2n) is 8.34. The fourth-order valence-corrected chi connectivity index (χ4v) is 3.84. The molecule has 8 nitrogen and oxygen atoms in total. The van der Waals surface area contributed by atoms with Crippen molar-refractivity contribution >= 4 is 29.4 Å². The molecular weight excluding hydrogens is 470 g/mol. The molecule has 5 amide bonds. The highest BCUT2D eigenvalue weighted by Crippen LogP contribution is 2.29. The summed E-state index contributed by atoms with van der Waals surface area (Å²) in [5.74, 6) is -4.22. The number of imide groups is 1. The van der Waals surface area contributed by atoms with Gasteiger partial charge >= 0.3 is 6.03 Å². The van der Waals surface area contributed by atoms with Gasteiger partial charge in [-0.1, -0.05) is 48.5 Å². The van der Waals surface area contributed by atoms with Crippen LogP contribution in [0.3, 0.4) is 0 Å². The Kier molecular flexibility index (Phi) is 6.77. The first kappa shape index (κ1) is 24.5. The summed E-state index contributed by atoms with van der Waals surface area (Å²) in [6.07, 6.45) is 0. The predicted molar refractivity (Wildman–Crippen MR) is 127 cm³/mol.